The molecule has 0 N–H and O–H groups in total. The summed E-state index contributed by atoms with van der Waals surface area (Å²) in [4.78, 5) is 10.7. The Kier molecular flexibility index (Phi) is 21.5. The summed E-state index contributed by atoms with van der Waals surface area (Å²) in [6, 6.07) is 0. The molecule has 0 rings (SSSR count). The summed E-state index contributed by atoms with van der Waals surface area (Å²) in [5.41, 5.74) is 0. The second-order valence-corrected chi connectivity index (χ2v) is 4.96. The van der Waals surface area contributed by atoms with Crippen LogP contribution in [0.15, 0.2) is 25.3 Å². The van der Waals surface area contributed by atoms with Crippen LogP contribution in [0, 0.1) is 0 Å². The van der Waals surface area contributed by atoms with Gasteiger partial charge in [-0.1, -0.05) is 77.4 Å². The van der Waals surface area contributed by atoms with E-state index < -0.39 is 0 Å². The number of carbonyl (C=O) groups is 1. The van der Waals surface area contributed by atoms with Gasteiger partial charge in [0.1, 0.15) is 0 Å². The maximum Gasteiger partial charge on any atom is 0.330 e. The smallest absolute Gasteiger partial charge is 0.330 e. The minimum Gasteiger partial charge on any atom is -0.463 e. The molecule has 0 aromatic carbocycles. The lowest BCUT2D eigenvalue weighted by atomic mass is 10.1. The van der Waals surface area contributed by atoms with Crippen LogP contribution in [0.2, 0.25) is 0 Å². The average Bonchev–Trinajstić information content (AvgIpc) is 2.45. The number of hydrogen-bond donors (Lipinski definition) is 0. The van der Waals surface area contributed by atoms with Crippen LogP contribution < -0.4 is 0 Å². The minimum atomic E-state index is -0.305. The molecule has 0 bridgehead atoms. The lowest BCUT2D eigenvalue weighted by Crippen LogP contribution is -2.01. The molecule has 118 valence electrons. The van der Waals surface area contributed by atoms with Gasteiger partial charge in [-0.05, 0) is 13.3 Å². The predicted octanol–water partition coefficient (Wildman–Crippen LogP) is 5.83. The van der Waals surface area contributed by atoms with Crippen molar-refractivity contribution in [2.24, 2.45) is 0 Å². The molecule has 0 spiro atoms. The van der Waals surface area contributed by atoms with Gasteiger partial charge in [0, 0.05) is 6.08 Å². The molecule has 0 aliphatic carbocycles. The number of unbranched alkanes of at least 4 members (excludes halogenated alkanes) is 9. The topological polar surface area (TPSA) is 26.3 Å². The molecule has 0 fully saturated rings. The van der Waals surface area contributed by atoms with Gasteiger partial charge in [0.25, 0.3) is 0 Å². The van der Waals surface area contributed by atoms with E-state index in [0.717, 1.165) is 6.42 Å². The van der Waals surface area contributed by atoms with Gasteiger partial charge in [0.2, 0.25) is 0 Å². The van der Waals surface area contributed by atoms with Crippen molar-refractivity contribution >= 4 is 5.97 Å². The van der Waals surface area contributed by atoms with Crippen LogP contribution in [0.5, 0.6) is 0 Å². The monoisotopic (exact) mass is 282 g/mol. The van der Waals surface area contributed by atoms with Gasteiger partial charge in [-0.15, -0.1) is 6.58 Å². The molecular weight excluding hydrogens is 248 g/mol. The van der Waals surface area contributed by atoms with E-state index in [2.05, 4.69) is 20.1 Å². The van der Waals surface area contributed by atoms with Crippen molar-refractivity contribution < 1.29 is 9.53 Å². The van der Waals surface area contributed by atoms with E-state index in [1.54, 1.807) is 6.08 Å². The van der Waals surface area contributed by atoms with Crippen molar-refractivity contribution in [2.75, 3.05) is 6.61 Å². The molecule has 20 heavy (non-hydrogen) atoms. The number of allylic oxidation sites excluding steroid dienone is 1. The third kappa shape index (κ3) is 22.2. The van der Waals surface area contributed by atoms with Gasteiger partial charge in [-0.3, -0.25) is 0 Å². The molecule has 0 aliphatic rings. The fourth-order valence-electron chi connectivity index (χ4n) is 1.82. The standard InChI is InChI=1S/C15H28O2.C3H6/c1-3-5-6-7-8-9-10-11-12-13-14-17-15(16)4-2;1-3-2/h4H,2-3,5-14H2,1H3;3H,1H2,2H3. The third-order valence-electron chi connectivity index (χ3n) is 2.91. The summed E-state index contributed by atoms with van der Waals surface area (Å²) in [6.45, 7) is 11.4. The number of rotatable bonds is 12. The van der Waals surface area contributed by atoms with E-state index >= 15 is 0 Å². The molecule has 2 nitrogen and oxygen atoms in total. The van der Waals surface area contributed by atoms with E-state index in [-0.39, 0.29) is 5.97 Å². The normalized spacial score (nSPS) is 9.30. The van der Waals surface area contributed by atoms with Crippen LogP contribution in [0.3, 0.4) is 0 Å². The molecule has 0 radical (unpaired) electrons. The van der Waals surface area contributed by atoms with Crippen molar-refractivity contribution in [1.82, 2.24) is 0 Å². The lowest BCUT2D eigenvalue weighted by Gasteiger charge is -2.03. The van der Waals surface area contributed by atoms with Crippen LogP contribution in [0.1, 0.15) is 78.1 Å². The first-order chi connectivity index (χ1) is 9.72. The SMILES string of the molecule is C=CC.C=CC(=O)OCCCCCCCCCCCC. The van der Waals surface area contributed by atoms with Crippen LogP contribution in [-0.2, 0) is 9.53 Å². The largest absolute Gasteiger partial charge is 0.463 e. The quantitative estimate of drug-likeness (QED) is 0.195. The van der Waals surface area contributed by atoms with Gasteiger partial charge in [-0.25, -0.2) is 4.79 Å². The van der Waals surface area contributed by atoms with E-state index in [4.69, 9.17) is 4.74 Å². The van der Waals surface area contributed by atoms with Crippen LogP contribution >= 0.6 is 0 Å². The Labute approximate surface area is 126 Å². The molecule has 0 aromatic heterocycles. The molecule has 0 atom stereocenters. The molecule has 2 heteroatoms. The van der Waals surface area contributed by atoms with Crippen LogP contribution in [0.4, 0.5) is 0 Å². The van der Waals surface area contributed by atoms with E-state index in [1.807, 2.05) is 6.92 Å². The number of ether oxygens (including phenoxy) is 1. The number of carbonyl (C=O) groups excluding carboxylic acids is 1. The zero-order chi connectivity index (χ0) is 15.5. The second kappa shape index (κ2) is 20.3. The number of hydrogen-bond acceptors (Lipinski definition) is 2. The highest BCUT2D eigenvalue weighted by molar-refractivity contribution is 5.81. The van der Waals surface area contributed by atoms with E-state index in [9.17, 15) is 4.79 Å². The molecule has 0 aliphatic heterocycles. The first kappa shape index (κ1) is 21.3. The third-order valence-corrected chi connectivity index (χ3v) is 2.91. The van der Waals surface area contributed by atoms with Gasteiger partial charge in [0.05, 0.1) is 6.61 Å². The molecule has 0 saturated heterocycles. The highest BCUT2D eigenvalue weighted by Crippen LogP contribution is 2.10. The van der Waals surface area contributed by atoms with Gasteiger partial charge in [0.15, 0.2) is 0 Å². The van der Waals surface area contributed by atoms with Gasteiger partial charge in [-0.2, -0.15) is 0 Å². The second-order valence-electron chi connectivity index (χ2n) is 4.96. The highest BCUT2D eigenvalue weighted by atomic mass is 16.5. The van der Waals surface area contributed by atoms with Crippen LogP contribution in [0.25, 0.3) is 0 Å². The van der Waals surface area contributed by atoms with Gasteiger partial charge < -0.3 is 4.74 Å². The predicted molar refractivity (Wildman–Crippen MR) is 88.9 cm³/mol. The molecule has 0 saturated carbocycles. The zero-order valence-corrected chi connectivity index (χ0v) is 13.7. The van der Waals surface area contributed by atoms with Gasteiger partial charge >= 0.3 is 5.97 Å². The Morgan fingerprint density at radius 2 is 1.30 bits per heavy atom. The summed E-state index contributed by atoms with van der Waals surface area (Å²) in [7, 11) is 0. The van der Waals surface area contributed by atoms with Crippen molar-refractivity contribution in [2.45, 2.75) is 78.1 Å². The Morgan fingerprint density at radius 3 is 1.70 bits per heavy atom. The minimum absolute atomic E-state index is 0.305. The first-order valence-corrected chi connectivity index (χ1v) is 8.09. The fourth-order valence-corrected chi connectivity index (χ4v) is 1.82. The molecule has 0 heterocycles. The Bertz CT molecular complexity index is 221. The fraction of sp³-hybridized carbons (Fsp3) is 0.722. The van der Waals surface area contributed by atoms with Crippen molar-refractivity contribution in [3.63, 3.8) is 0 Å². The Hall–Kier alpha value is -1.05. The molecular formula is C18H34O2. The van der Waals surface area contributed by atoms with E-state index in [0.29, 0.717) is 6.61 Å². The first-order valence-electron chi connectivity index (χ1n) is 8.09. The Balaban J connectivity index is 0. The maximum absolute atomic E-state index is 10.7. The zero-order valence-electron chi connectivity index (χ0n) is 13.7. The van der Waals surface area contributed by atoms with E-state index in [1.165, 1.54) is 63.9 Å². The van der Waals surface area contributed by atoms with Crippen LogP contribution in [-0.4, -0.2) is 12.6 Å². The summed E-state index contributed by atoms with van der Waals surface area (Å²) in [6.07, 6.45) is 15.9. The average molecular weight is 282 g/mol. The number of esters is 1. The Morgan fingerprint density at radius 1 is 0.900 bits per heavy atom. The summed E-state index contributed by atoms with van der Waals surface area (Å²) in [5.74, 6) is -0.305. The lowest BCUT2D eigenvalue weighted by molar-refractivity contribution is -0.137. The molecule has 0 aromatic rings. The van der Waals surface area contributed by atoms with Crippen molar-refractivity contribution in [3.05, 3.63) is 25.3 Å². The summed E-state index contributed by atoms with van der Waals surface area (Å²) < 4.78 is 4.91. The molecule has 0 unspecified atom stereocenters. The van der Waals surface area contributed by atoms with Crippen molar-refractivity contribution in [1.29, 1.82) is 0 Å². The molecule has 0 amide bonds. The van der Waals surface area contributed by atoms with Crippen molar-refractivity contribution in [3.8, 4) is 0 Å². The highest BCUT2D eigenvalue weighted by Gasteiger charge is 1.95. The summed E-state index contributed by atoms with van der Waals surface area (Å²) >= 11 is 0. The summed E-state index contributed by atoms with van der Waals surface area (Å²) in [5, 5.41) is 0. The maximum atomic E-state index is 10.7.